The molecule has 0 radical (unpaired) electrons. The van der Waals surface area contributed by atoms with Gasteiger partial charge in [0.25, 0.3) is 5.91 Å². The molecule has 1 aromatic heterocycles. The summed E-state index contributed by atoms with van der Waals surface area (Å²) in [5.41, 5.74) is 3.59. The van der Waals surface area contributed by atoms with Crippen LogP contribution in [-0.4, -0.2) is 21.9 Å². The van der Waals surface area contributed by atoms with Crippen LogP contribution in [0.1, 0.15) is 41.2 Å². The number of nitrogens with zero attached hydrogens (tertiary/aromatic N) is 2. The summed E-state index contributed by atoms with van der Waals surface area (Å²) >= 11 is 6.24. The van der Waals surface area contributed by atoms with Crippen LogP contribution in [0.5, 0.6) is 0 Å². The Bertz CT molecular complexity index is 720. The van der Waals surface area contributed by atoms with Crippen LogP contribution in [0.25, 0.3) is 0 Å². The number of nitrogens with one attached hydrogen (secondary N) is 2. The van der Waals surface area contributed by atoms with Crippen molar-refractivity contribution in [1.29, 1.82) is 0 Å². The Kier molecular flexibility index (Phi) is 5.21. The number of rotatable bonds is 4. The number of benzene rings is 1. The third-order valence-corrected chi connectivity index (χ3v) is 3.47. The molecule has 0 bridgehead atoms. The molecule has 122 valence electrons. The molecular weight excluding hydrogens is 312 g/mol. The Balaban J connectivity index is 2.29. The van der Waals surface area contributed by atoms with Gasteiger partial charge in [-0.25, -0.2) is 9.97 Å². The van der Waals surface area contributed by atoms with E-state index in [0.29, 0.717) is 22.4 Å². The minimum Gasteiger partial charge on any atom is -0.352 e. The lowest BCUT2D eigenvalue weighted by Crippen LogP contribution is -2.19. The lowest BCUT2D eigenvalue weighted by Gasteiger charge is -2.13. The summed E-state index contributed by atoms with van der Waals surface area (Å²) in [4.78, 5) is 21.1. The van der Waals surface area contributed by atoms with E-state index in [2.05, 4.69) is 20.6 Å². The molecule has 0 unspecified atom stereocenters. The van der Waals surface area contributed by atoms with Crippen LogP contribution in [0.4, 0.5) is 11.6 Å². The number of aryl methyl sites for hydroxylation is 3. The molecule has 6 heteroatoms. The average Bonchev–Trinajstić information content (AvgIpc) is 2.41. The molecule has 2 aromatic rings. The zero-order valence-corrected chi connectivity index (χ0v) is 14.7. The van der Waals surface area contributed by atoms with Crippen molar-refractivity contribution >= 4 is 29.1 Å². The second-order valence-electron chi connectivity index (χ2n) is 5.91. The summed E-state index contributed by atoms with van der Waals surface area (Å²) in [6, 6.07) is 5.62. The lowest BCUT2D eigenvalue weighted by molar-refractivity contribution is 0.102. The number of halogens is 1. The molecule has 0 aliphatic rings. The summed E-state index contributed by atoms with van der Waals surface area (Å²) in [5.74, 6) is 0.132. The summed E-state index contributed by atoms with van der Waals surface area (Å²) in [6.45, 7) is 9.67. The first-order chi connectivity index (χ1) is 10.8. The zero-order valence-electron chi connectivity index (χ0n) is 14.0. The largest absolute Gasteiger partial charge is 0.352 e. The van der Waals surface area contributed by atoms with E-state index in [0.717, 1.165) is 16.8 Å². The van der Waals surface area contributed by atoms with E-state index in [1.54, 1.807) is 6.07 Å². The fourth-order valence-electron chi connectivity index (χ4n) is 2.26. The van der Waals surface area contributed by atoms with Crippen molar-refractivity contribution in [2.75, 3.05) is 10.6 Å². The van der Waals surface area contributed by atoms with Crippen molar-refractivity contribution in [3.63, 3.8) is 0 Å². The molecular formula is C17H21ClN4O. The second-order valence-corrected chi connectivity index (χ2v) is 6.32. The summed E-state index contributed by atoms with van der Waals surface area (Å²) in [6.07, 6.45) is 0. The molecule has 0 fully saturated rings. The van der Waals surface area contributed by atoms with Crippen LogP contribution in [-0.2, 0) is 0 Å². The molecule has 23 heavy (non-hydrogen) atoms. The zero-order chi connectivity index (χ0) is 17.1. The molecule has 0 atom stereocenters. The first-order valence-corrected chi connectivity index (χ1v) is 7.84. The molecule has 0 saturated carbocycles. The fourth-order valence-corrected chi connectivity index (χ4v) is 2.63. The third kappa shape index (κ3) is 4.42. The van der Waals surface area contributed by atoms with E-state index in [4.69, 9.17) is 11.6 Å². The van der Waals surface area contributed by atoms with Crippen LogP contribution in [0.2, 0.25) is 5.02 Å². The van der Waals surface area contributed by atoms with Crippen LogP contribution >= 0.6 is 11.6 Å². The van der Waals surface area contributed by atoms with Crippen molar-refractivity contribution in [3.05, 3.63) is 45.7 Å². The van der Waals surface area contributed by atoms with Gasteiger partial charge in [0, 0.05) is 11.7 Å². The van der Waals surface area contributed by atoms with Crippen molar-refractivity contribution in [2.45, 2.75) is 40.7 Å². The highest BCUT2D eigenvalue weighted by molar-refractivity contribution is 6.34. The molecule has 0 saturated heterocycles. The van der Waals surface area contributed by atoms with Gasteiger partial charge >= 0.3 is 0 Å². The van der Waals surface area contributed by atoms with Gasteiger partial charge < -0.3 is 10.6 Å². The molecule has 1 amide bonds. The van der Waals surface area contributed by atoms with Gasteiger partial charge in [0.2, 0.25) is 5.95 Å². The maximum Gasteiger partial charge on any atom is 0.274 e. The first kappa shape index (κ1) is 17.2. The number of carbonyl (C=O) groups excluding carboxylic acids is 1. The van der Waals surface area contributed by atoms with Gasteiger partial charge in [-0.3, -0.25) is 4.79 Å². The Morgan fingerprint density at radius 3 is 2.43 bits per heavy atom. The fraction of sp³-hybridized carbons (Fsp3) is 0.353. The molecule has 0 aliphatic carbocycles. The topological polar surface area (TPSA) is 66.9 Å². The van der Waals surface area contributed by atoms with Gasteiger partial charge in [-0.15, -0.1) is 0 Å². The average molecular weight is 333 g/mol. The number of aromatic nitrogens is 2. The van der Waals surface area contributed by atoms with Crippen molar-refractivity contribution in [3.8, 4) is 0 Å². The second kappa shape index (κ2) is 6.96. The predicted molar refractivity (Wildman–Crippen MR) is 94.4 cm³/mol. The minimum atomic E-state index is -0.309. The SMILES string of the molecule is Cc1cc(C)c(NC(=O)c2cc(C)nc(NC(C)C)n2)c(Cl)c1. The van der Waals surface area contributed by atoms with Crippen molar-refractivity contribution in [2.24, 2.45) is 0 Å². The highest BCUT2D eigenvalue weighted by Crippen LogP contribution is 2.27. The van der Waals surface area contributed by atoms with E-state index in [1.807, 2.05) is 46.8 Å². The molecule has 2 N–H and O–H groups in total. The van der Waals surface area contributed by atoms with Gasteiger partial charge in [-0.2, -0.15) is 0 Å². The van der Waals surface area contributed by atoms with E-state index in [1.165, 1.54) is 0 Å². The summed E-state index contributed by atoms with van der Waals surface area (Å²) in [5, 5.41) is 6.46. The highest BCUT2D eigenvalue weighted by atomic mass is 35.5. The minimum absolute atomic E-state index is 0.182. The predicted octanol–water partition coefficient (Wildman–Crippen LogP) is 4.13. The Morgan fingerprint density at radius 2 is 1.83 bits per heavy atom. The quantitative estimate of drug-likeness (QED) is 0.883. The van der Waals surface area contributed by atoms with Crippen LogP contribution in [0, 0.1) is 20.8 Å². The van der Waals surface area contributed by atoms with Crippen LogP contribution in [0.15, 0.2) is 18.2 Å². The van der Waals surface area contributed by atoms with Gasteiger partial charge in [-0.1, -0.05) is 17.7 Å². The summed E-state index contributed by atoms with van der Waals surface area (Å²) in [7, 11) is 0. The first-order valence-electron chi connectivity index (χ1n) is 7.46. The Labute approximate surface area is 141 Å². The third-order valence-electron chi connectivity index (χ3n) is 3.17. The van der Waals surface area contributed by atoms with Crippen molar-refractivity contribution in [1.82, 2.24) is 9.97 Å². The Hall–Kier alpha value is -2.14. The number of carbonyl (C=O) groups is 1. The normalized spacial score (nSPS) is 10.7. The molecule has 0 aliphatic heterocycles. The maximum atomic E-state index is 12.5. The van der Waals surface area contributed by atoms with Gasteiger partial charge in [0.1, 0.15) is 5.69 Å². The van der Waals surface area contributed by atoms with Crippen LogP contribution < -0.4 is 10.6 Å². The molecule has 1 heterocycles. The molecule has 1 aromatic carbocycles. The van der Waals surface area contributed by atoms with Gasteiger partial charge in [-0.05, 0) is 57.9 Å². The number of amides is 1. The van der Waals surface area contributed by atoms with Crippen LogP contribution in [0.3, 0.4) is 0 Å². The molecule has 5 nitrogen and oxygen atoms in total. The molecule has 2 rings (SSSR count). The van der Waals surface area contributed by atoms with E-state index in [-0.39, 0.29) is 11.9 Å². The van der Waals surface area contributed by atoms with Gasteiger partial charge in [0.05, 0.1) is 10.7 Å². The standard InChI is InChI=1S/C17H21ClN4O/c1-9(2)19-17-20-12(5)8-14(21-17)16(23)22-15-11(4)6-10(3)7-13(15)18/h6-9H,1-5H3,(H,22,23)(H,19,20,21). The number of anilines is 2. The van der Waals surface area contributed by atoms with E-state index < -0.39 is 0 Å². The summed E-state index contributed by atoms with van der Waals surface area (Å²) < 4.78 is 0. The smallest absolute Gasteiger partial charge is 0.274 e. The van der Waals surface area contributed by atoms with E-state index in [9.17, 15) is 4.79 Å². The van der Waals surface area contributed by atoms with Crippen molar-refractivity contribution < 1.29 is 4.79 Å². The number of hydrogen-bond donors (Lipinski definition) is 2. The monoisotopic (exact) mass is 332 g/mol. The van der Waals surface area contributed by atoms with E-state index >= 15 is 0 Å². The highest BCUT2D eigenvalue weighted by Gasteiger charge is 2.14. The van der Waals surface area contributed by atoms with Gasteiger partial charge in [0.15, 0.2) is 0 Å². The lowest BCUT2D eigenvalue weighted by atomic mass is 10.1. The molecule has 0 spiro atoms. The number of hydrogen-bond acceptors (Lipinski definition) is 4. The Morgan fingerprint density at radius 1 is 1.13 bits per heavy atom. The maximum absolute atomic E-state index is 12.5.